The van der Waals surface area contributed by atoms with Crippen LogP contribution >= 0.6 is 0 Å². The summed E-state index contributed by atoms with van der Waals surface area (Å²) >= 11 is 0. The van der Waals surface area contributed by atoms with Gasteiger partial charge in [0.25, 0.3) is 0 Å². The van der Waals surface area contributed by atoms with Gasteiger partial charge in [-0.3, -0.25) is 0 Å². The molecule has 0 saturated carbocycles. The van der Waals surface area contributed by atoms with Gasteiger partial charge in [-0.05, 0) is 51.0 Å². The Morgan fingerprint density at radius 3 is 2.74 bits per heavy atom. The largest absolute Gasteiger partial charge is 0.342 e. The Kier molecular flexibility index (Phi) is 3.71. The van der Waals surface area contributed by atoms with Crippen molar-refractivity contribution in [3.8, 4) is 11.3 Å². The molecule has 0 fully saturated rings. The Morgan fingerprint density at radius 2 is 2.11 bits per heavy atom. The van der Waals surface area contributed by atoms with Gasteiger partial charge in [-0.2, -0.15) is 0 Å². The molecule has 1 aromatic heterocycles. The van der Waals surface area contributed by atoms with Gasteiger partial charge in [0.05, 0.1) is 11.9 Å². The maximum absolute atomic E-state index is 13.2. The molecule has 1 heterocycles. The molecule has 3 N–H and O–H groups in total. The van der Waals surface area contributed by atoms with Crippen molar-refractivity contribution in [2.75, 3.05) is 0 Å². The van der Waals surface area contributed by atoms with E-state index in [9.17, 15) is 4.39 Å². The van der Waals surface area contributed by atoms with Gasteiger partial charge >= 0.3 is 0 Å². The molecule has 0 unspecified atom stereocenters. The van der Waals surface area contributed by atoms with Crippen molar-refractivity contribution in [1.29, 1.82) is 0 Å². The first-order valence-electron chi connectivity index (χ1n) is 6.44. The molecule has 0 aliphatic rings. The van der Waals surface area contributed by atoms with Crippen molar-refractivity contribution in [3.63, 3.8) is 0 Å². The van der Waals surface area contributed by atoms with Gasteiger partial charge in [0.2, 0.25) is 0 Å². The van der Waals surface area contributed by atoms with Gasteiger partial charge in [0.15, 0.2) is 0 Å². The minimum atomic E-state index is -0.195. The number of rotatable bonds is 4. The van der Waals surface area contributed by atoms with Crippen LogP contribution in [0.2, 0.25) is 0 Å². The average Bonchev–Trinajstić information content (AvgIpc) is 2.78. The maximum Gasteiger partial charge on any atom is 0.126 e. The number of nitrogens with zero attached hydrogens (tertiary/aromatic N) is 1. The molecule has 102 valence electrons. The van der Waals surface area contributed by atoms with E-state index in [1.807, 2.05) is 19.9 Å². The number of aromatic nitrogens is 2. The highest BCUT2D eigenvalue weighted by Gasteiger charge is 2.12. The van der Waals surface area contributed by atoms with E-state index in [1.54, 1.807) is 19.2 Å². The van der Waals surface area contributed by atoms with E-state index in [4.69, 9.17) is 5.73 Å². The molecule has 0 bridgehead atoms. The second-order valence-electron chi connectivity index (χ2n) is 5.70. The summed E-state index contributed by atoms with van der Waals surface area (Å²) in [7, 11) is 0. The molecule has 0 amide bonds. The lowest BCUT2D eigenvalue weighted by atomic mass is 10.0. The topological polar surface area (TPSA) is 54.7 Å². The smallest absolute Gasteiger partial charge is 0.126 e. The molecule has 2 aromatic rings. The number of nitrogens with one attached hydrogen (secondary N) is 1. The van der Waals surface area contributed by atoms with Crippen molar-refractivity contribution in [2.24, 2.45) is 5.73 Å². The molecular weight excluding hydrogens is 241 g/mol. The van der Waals surface area contributed by atoms with E-state index in [0.717, 1.165) is 29.9 Å². The Balaban J connectivity index is 2.14. The third-order valence-corrected chi connectivity index (χ3v) is 3.10. The number of nitrogens with two attached hydrogens (primary N) is 1. The van der Waals surface area contributed by atoms with Crippen LogP contribution in [0.4, 0.5) is 4.39 Å². The summed E-state index contributed by atoms with van der Waals surface area (Å²) in [6.45, 7) is 5.76. The Morgan fingerprint density at radius 1 is 1.37 bits per heavy atom. The molecule has 19 heavy (non-hydrogen) atoms. The first-order valence-corrected chi connectivity index (χ1v) is 6.44. The van der Waals surface area contributed by atoms with E-state index >= 15 is 0 Å². The lowest BCUT2D eigenvalue weighted by molar-refractivity contribution is 0.472. The monoisotopic (exact) mass is 261 g/mol. The van der Waals surface area contributed by atoms with Crippen LogP contribution in [0.25, 0.3) is 11.3 Å². The highest BCUT2D eigenvalue weighted by atomic mass is 19.1. The van der Waals surface area contributed by atoms with Crippen molar-refractivity contribution >= 4 is 0 Å². The Labute approximate surface area is 113 Å². The number of H-pyrrole nitrogens is 1. The second-order valence-corrected chi connectivity index (χ2v) is 5.70. The first kappa shape index (κ1) is 13.7. The third-order valence-electron chi connectivity index (χ3n) is 3.10. The fourth-order valence-electron chi connectivity index (χ4n) is 1.89. The van der Waals surface area contributed by atoms with Gasteiger partial charge in [0.1, 0.15) is 11.6 Å². The zero-order valence-corrected chi connectivity index (χ0v) is 11.6. The summed E-state index contributed by atoms with van der Waals surface area (Å²) in [4.78, 5) is 7.60. The first-order chi connectivity index (χ1) is 8.85. The molecule has 1 aromatic carbocycles. The second kappa shape index (κ2) is 5.13. The molecule has 0 atom stereocenters. The van der Waals surface area contributed by atoms with Crippen LogP contribution in [0, 0.1) is 12.7 Å². The number of aryl methyl sites for hydroxylation is 2. The predicted octanol–water partition coefficient (Wildman–Crippen LogP) is 3.19. The fraction of sp³-hybridized carbons (Fsp3) is 0.400. The molecule has 4 heteroatoms. The molecular formula is C15H20FN3. The number of imidazole rings is 1. The van der Waals surface area contributed by atoms with Crippen LogP contribution in [-0.4, -0.2) is 15.5 Å². The number of halogens is 1. The van der Waals surface area contributed by atoms with Crippen LogP contribution in [0.3, 0.4) is 0 Å². The van der Waals surface area contributed by atoms with Gasteiger partial charge in [-0.25, -0.2) is 9.37 Å². The third kappa shape index (κ3) is 3.64. The minimum Gasteiger partial charge on any atom is -0.342 e. The van der Waals surface area contributed by atoms with Crippen LogP contribution < -0.4 is 5.73 Å². The number of hydrogen-bond donors (Lipinski definition) is 2. The predicted molar refractivity (Wildman–Crippen MR) is 75.3 cm³/mol. The molecule has 0 aliphatic heterocycles. The minimum absolute atomic E-state index is 0.187. The lowest BCUT2D eigenvalue weighted by Crippen LogP contribution is -2.32. The normalized spacial score (nSPS) is 11.8. The van der Waals surface area contributed by atoms with E-state index < -0.39 is 0 Å². The van der Waals surface area contributed by atoms with Crippen molar-refractivity contribution in [2.45, 2.75) is 39.2 Å². The van der Waals surface area contributed by atoms with Gasteiger partial charge < -0.3 is 10.7 Å². The van der Waals surface area contributed by atoms with Crippen LogP contribution in [0.5, 0.6) is 0 Å². The van der Waals surface area contributed by atoms with E-state index in [0.29, 0.717) is 5.56 Å². The summed E-state index contributed by atoms with van der Waals surface area (Å²) in [6.07, 6.45) is 3.46. The SMILES string of the molecule is Cc1cc(-c2cnc(CCC(C)(C)N)[nH]2)ccc1F. The van der Waals surface area contributed by atoms with Gasteiger partial charge in [-0.15, -0.1) is 0 Å². The van der Waals surface area contributed by atoms with Gasteiger partial charge in [-0.1, -0.05) is 0 Å². The molecule has 2 rings (SSSR count). The summed E-state index contributed by atoms with van der Waals surface area (Å²) in [5, 5.41) is 0. The van der Waals surface area contributed by atoms with Crippen LogP contribution in [-0.2, 0) is 6.42 Å². The molecule has 0 spiro atoms. The number of hydrogen-bond acceptors (Lipinski definition) is 2. The van der Waals surface area contributed by atoms with E-state index in [1.165, 1.54) is 6.07 Å². The summed E-state index contributed by atoms with van der Waals surface area (Å²) in [5.74, 6) is 0.726. The zero-order chi connectivity index (χ0) is 14.0. The van der Waals surface area contributed by atoms with Crippen LogP contribution in [0.1, 0.15) is 31.7 Å². The van der Waals surface area contributed by atoms with Crippen molar-refractivity contribution in [1.82, 2.24) is 9.97 Å². The fourth-order valence-corrected chi connectivity index (χ4v) is 1.89. The van der Waals surface area contributed by atoms with Gasteiger partial charge in [0, 0.05) is 17.5 Å². The highest BCUT2D eigenvalue weighted by molar-refractivity contribution is 5.59. The maximum atomic E-state index is 13.2. The lowest BCUT2D eigenvalue weighted by Gasteiger charge is -2.16. The Hall–Kier alpha value is -1.68. The van der Waals surface area contributed by atoms with E-state index in [-0.39, 0.29) is 11.4 Å². The summed E-state index contributed by atoms with van der Waals surface area (Å²) in [5.41, 5.74) is 8.25. The van der Waals surface area contributed by atoms with Crippen molar-refractivity contribution < 1.29 is 4.39 Å². The molecule has 0 radical (unpaired) electrons. The molecule has 3 nitrogen and oxygen atoms in total. The zero-order valence-electron chi connectivity index (χ0n) is 11.6. The Bertz CT molecular complexity index is 567. The van der Waals surface area contributed by atoms with Crippen molar-refractivity contribution in [3.05, 3.63) is 41.6 Å². The van der Waals surface area contributed by atoms with E-state index in [2.05, 4.69) is 9.97 Å². The molecule has 0 saturated heterocycles. The van der Waals surface area contributed by atoms with Crippen LogP contribution in [0.15, 0.2) is 24.4 Å². The quantitative estimate of drug-likeness (QED) is 0.888. The molecule has 0 aliphatic carbocycles. The summed E-state index contributed by atoms with van der Waals surface area (Å²) < 4.78 is 13.2. The summed E-state index contributed by atoms with van der Waals surface area (Å²) in [6, 6.07) is 5.06. The average molecular weight is 261 g/mol. The number of benzene rings is 1. The number of aromatic amines is 1. The standard InChI is InChI=1S/C15H20FN3/c1-10-8-11(4-5-12(10)16)13-9-18-14(19-13)6-7-15(2,3)17/h4-5,8-9H,6-7,17H2,1-3H3,(H,18,19). The highest BCUT2D eigenvalue weighted by Crippen LogP contribution is 2.20.